The fourth-order valence-electron chi connectivity index (χ4n) is 0. The molecular weight excluding hydrogens is 209 g/mol. The molecule has 0 rings (SSSR count). The molecule has 0 aliphatic rings. The van der Waals surface area contributed by atoms with Crippen molar-refractivity contribution in [3.8, 4) is 0 Å². The maximum atomic E-state index is 0. The Morgan fingerprint density at radius 2 is 0.600 bits per heavy atom. The third kappa shape index (κ3) is 37.2. The molecule has 0 saturated heterocycles. The van der Waals surface area contributed by atoms with Gasteiger partial charge in [-0.25, -0.2) is 0 Å². The van der Waals surface area contributed by atoms with Gasteiger partial charge in [0, 0.05) is 40.5 Å². The summed E-state index contributed by atoms with van der Waals surface area (Å²) in [6.07, 6.45) is 0. The molecule has 0 aliphatic carbocycles. The van der Waals surface area contributed by atoms with Crippen LogP contribution < -0.4 is 0 Å². The van der Waals surface area contributed by atoms with Crippen LogP contribution in [-0.2, 0) is 57.0 Å². The van der Waals surface area contributed by atoms with Crippen LogP contribution in [0.4, 0.5) is 0 Å². The Balaban J connectivity index is 0. The molecule has 0 N–H and O–H groups in total. The molecule has 0 atom stereocenters. The summed E-state index contributed by atoms with van der Waals surface area (Å²) in [6.45, 7) is 0. The third-order valence-corrected chi connectivity index (χ3v) is 0. The summed E-state index contributed by atoms with van der Waals surface area (Å²) in [6, 6.07) is 0. The molecule has 0 fully saturated rings. The first-order valence-corrected chi connectivity index (χ1v) is 0. The number of rotatable bonds is 0. The molecule has 5 heavy (non-hydrogen) atoms. The second-order valence-corrected chi connectivity index (χ2v) is 0. The molecule has 0 unspecified atom stereocenters. The number of hydrogen-bond donors (Lipinski definition) is 0. The van der Waals surface area contributed by atoms with Gasteiger partial charge >= 0.3 is 0 Å². The summed E-state index contributed by atoms with van der Waals surface area (Å²) in [5.74, 6) is 0. The van der Waals surface area contributed by atoms with Gasteiger partial charge in [-0.05, 0) is 0 Å². The van der Waals surface area contributed by atoms with Gasteiger partial charge in [0.05, 0.1) is 0 Å². The second-order valence-electron chi connectivity index (χ2n) is 0. The first-order chi connectivity index (χ1) is 0. The summed E-state index contributed by atoms with van der Waals surface area (Å²) in [5, 5.41) is 0. The Morgan fingerprint density at radius 3 is 0.600 bits per heavy atom. The third-order valence-electron chi connectivity index (χ3n) is 0. The average Bonchev–Trinajstić information content (AvgIpc) is 0. The molecule has 0 aromatic carbocycles. The van der Waals surface area contributed by atoms with Crippen LogP contribution in [0.2, 0.25) is 0 Å². The first-order valence-electron chi connectivity index (χ1n) is 0. The van der Waals surface area contributed by atoms with Crippen LogP contribution in [0.3, 0.4) is 0 Å². The van der Waals surface area contributed by atoms with E-state index >= 15 is 0 Å². The van der Waals surface area contributed by atoms with E-state index < -0.39 is 0 Å². The van der Waals surface area contributed by atoms with Gasteiger partial charge in [-0.2, -0.15) is 0 Å². The topological polar surface area (TPSA) is 85.5 Å². The van der Waals surface area contributed by atoms with Crippen molar-refractivity contribution in [3.05, 3.63) is 0 Å². The van der Waals surface area contributed by atoms with Crippen LogP contribution in [0.25, 0.3) is 0 Å². The molecule has 5 heteroatoms. The van der Waals surface area contributed by atoms with Crippen LogP contribution in [0.1, 0.15) is 0 Å². The van der Waals surface area contributed by atoms with Crippen LogP contribution >= 0.6 is 0 Å². The van der Waals surface area contributed by atoms with E-state index in [1.807, 2.05) is 0 Å². The molecule has 0 spiro atoms. The molecule has 0 heterocycles. The minimum absolute atomic E-state index is 0. The van der Waals surface area contributed by atoms with Crippen LogP contribution in [-0.4, -0.2) is 0 Å². The van der Waals surface area contributed by atoms with Crippen LogP contribution in [0, 0.1) is 0 Å². The Bertz CT molecular complexity index is 6.85. The second kappa shape index (κ2) is 64.2. The van der Waals surface area contributed by atoms with Crippen molar-refractivity contribution in [1.29, 1.82) is 0 Å². The molecule has 32 valence electrons. The van der Waals surface area contributed by atoms with Crippen molar-refractivity contribution in [1.82, 2.24) is 0 Å². The molecular formula is MoO3Zn-6. The fourth-order valence-corrected chi connectivity index (χ4v) is 0. The van der Waals surface area contributed by atoms with Gasteiger partial charge in [0.25, 0.3) is 0 Å². The van der Waals surface area contributed by atoms with E-state index in [0.717, 1.165) is 0 Å². The zero-order valence-corrected chi connectivity index (χ0v) is 7.31. The summed E-state index contributed by atoms with van der Waals surface area (Å²) < 4.78 is 0. The molecule has 0 aromatic heterocycles. The van der Waals surface area contributed by atoms with E-state index in [9.17, 15) is 0 Å². The molecule has 0 amide bonds. The van der Waals surface area contributed by atoms with E-state index in [2.05, 4.69) is 0 Å². The van der Waals surface area contributed by atoms with Crippen molar-refractivity contribution in [2.24, 2.45) is 0 Å². The normalized spacial score (nSPS) is 0. The summed E-state index contributed by atoms with van der Waals surface area (Å²) in [7, 11) is 0. The Labute approximate surface area is 57.1 Å². The zero-order valence-electron chi connectivity index (χ0n) is 2.34. The Hall–Kier alpha value is 1.19. The fraction of sp³-hybridized carbons (Fsp3) is 0. The van der Waals surface area contributed by atoms with Gasteiger partial charge < -0.3 is 16.4 Å². The van der Waals surface area contributed by atoms with Crippen molar-refractivity contribution in [3.63, 3.8) is 0 Å². The van der Waals surface area contributed by atoms with Gasteiger partial charge in [-0.1, -0.05) is 0 Å². The van der Waals surface area contributed by atoms with E-state index in [1.54, 1.807) is 0 Å². The predicted octanol–water partition coefficient (Wildman–Crippen LogP) is -0.361. The van der Waals surface area contributed by atoms with Gasteiger partial charge in [-0.15, -0.1) is 0 Å². The minimum Gasteiger partial charge on any atom is -2.00 e. The van der Waals surface area contributed by atoms with E-state index in [1.165, 1.54) is 0 Å². The van der Waals surface area contributed by atoms with Gasteiger partial charge in [-0.3, -0.25) is 0 Å². The van der Waals surface area contributed by atoms with Crippen molar-refractivity contribution in [2.75, 3.05) is 0 Å². The monoisotopic (exact) mass is 210 g/mol. The van der Waals surface area contributed by atoms with Gasteiger partial charge in [0.1, 0.15) is 0 Å². The minimum atomic E-state index is 0. The summed E-state index contributed by atoms with van der Waals surface area (Å²) >= 11 is 0. The number of hydrogen-bond acceptors (Lipinski definition) is 0. The first kappa shape index (κ1) is 118. The average molecular weight is 209 g/mol. The molecule has 0 aromatic rings. The predicted molar refractivity (Wildman–Crippen MR) is 2.06 cm³/mol. The molecule has 0 aliphatic heterocycles. The van der Waals surface area contributed by atoms with Crippen molar-refractivity contribution in [2.45, 2.75) is 0 Å². The maximum Gasteiger partial charge on any atom is 0 e. The zero-order chi connectivity index (χ0) is 0. The SMILES string of the molecule is [Mo].[O-2].[O-2].[O-2].[Zn]. The van der Waals surface area contributed by atoms with E-state index in [4.69, 9.17) is 0 Å². The molecule has 0 bridgehead atoms. The molecule has 0 radical (unpaired) electrons. The van der Waals surface area contributed by atoms with E-state index in [-0.39, 0.29) is 57.0 Å². The standard InChI is InChI=1S/Mo.3O.Zn/q;3*-2;. The quantitative estimate of drug-likeness (QED) is 0.488. The van der Waals surface area contributed by atoms with Crippen LogP contribution in [0.5, 0.6) is 0 Å². The summed E-state index contributed by atoms with van der Waals surface area (Å²) in [5.41, 5.74) is 0. The molecule has 3 nitrogen and oxygen atoms in total. The summed E-state index contributed by atoms with van der Waals surface area (Å²) in [4.78, 5) is 0. The van der Waals surface area contributed by atoms with Crippen molar-refractivity contribution >= 4 is 0 Å². The smallest absolute Gasteiger partial charge is 0 e. The van der Waals surface area contributed by atoms with Crippen LogP contribution in [0.15, 0.2) is 0 Å². The Kier molecular flexibility index (Phi) is 1510. The largest absolute Gasteiger partial charge is 2.00 e. The Morgan fingerprint density at radius 1 is 0.600 bits per heavy atom. The van der Waals surface area contributed by atoms with Gasteiger partial charge in [0.15, 0.2) is 0 Å². The maximum absolute atomic E-state index is 0. The molecule has 0 saturated carbocycles. The van der Waals surface area contributed by atoms with Crippen molar-refractivity contribution < 1.29 is 57.0 Å². The van der Waals surface area contributed by atoms with E-state index in [0.29, 0.717) is 0 Å². The van der Waals surface area contributed by atoms with Gasteiger partial charge in [0.2, 0.25) is 0 Å².